The number of hydrogen-bond acceptors (Lipinski definition) is 8. The minimum absolute atomic E-state index is 0.0206. The number of carbonyl (C=O) groups excluding carboxylic acids is 5. The second-order valence-electron chi connectivity index (χ2n) is 8.22. The Morgan fingerprint density at radius 3 is 1.81 bits per heavy atom. The number of benzene rings is 2. The lowest BCUT2D eigenvalue weighted by Gasteiger charge is -2.28. The van der Waals surface area contributed by atoms with Gasteiger partial charge in [-0.15, -0.1) is 0 Å². The highest BCUT2D eigenvalue weighted by Gasteiger charge is 2.42. The van der Waals surface area contributed by atoms with Gasteiger partial charge in [-0.05, 0) is 11.1 Å². The summed E-state index contributed by atoms with van der Waals surface area (Å²) < 4.78 is 14.5. The van der Waals surface area contributed by atoms with Crippen LogP contribution >= 0.6 is 0 Å². The van der Waals surface area contributed by atoms with E-state index in [-0.39, 0.29) is 13.0 Å². The Morgan fingerprint density at radius 2 is 1.32 bits per heavy atom. The average molecular weight is 514 g/mol. The minimum Gasteiger partial charge on any atom is -0.468 e. The molecule has 0 unspecified atom stereocenters. The number of esters is 2. The molecule has 2 rings (SSSR count). The van der Waals surface area contributed by atoms with E-state index in [1.165, 1.54) is 6.92 Å². The molecule has 0 aliphatic carbocycles. The summed E-state index contributed by atoms with van der Waals surface area (Å²) in [5.41, 5.74) is 6.97. The van der Waals surface area contributed by atoms with Crippen molar-refractivity contribution in [1.29, 1.82) is 0 Å². The molecule has 37 heavy (non-hydrogen) atoms. The minimum atomic E-state index is -1.52. The predicted octanol–water partition coefficient (Wildman–Crippen LogP) is 1.09. The van der Waals surface area contributed by atoms with Crippen LogP contribution in [0, 0.1) is 11.8 Å². The maximum absolute atomic E-state index is 13.3. The monoisotopic (exact) mass is 513 g/mol. The highest BCUT2D eigenvalue weighted by atomic mass is 16.6. The number of hydrogen-bond donors (Lipinski definition) is 3. The van der Waals surface area contributed by atoms with Crippen LogP contribution in [0.25, 0.3) is 0 Å². The highest BCUT2D eigenvalue weighted by Crippen LogP contribution is 2.20. The van der Waals surface area contributed by atoms with Crippen LogP contribution in [0.3, 0.4) is 0 Å². The number of carbonyl (C=O) groups is 5. The van der Waals surface area contributed by atoms with E-state index < -0.39 is 53.8 Å². The van der Waals surface area contributed by atoms with Crippen LogP contribution in [0.4, 0.5) is 4.79 Å². The maximum Gasteiger partial charge on any atom is 0.408 e. The van der Waals surface area contributed by atoms with Crippen LogP contribution in [-0.4, -0.2) is 56.1 Å². The van der Waals surface area contributed by atoms with Crippen molar-refractivity contribution in [3.05, 3.63) is 71.8 Å². The van der Waals surface area contributed by atoms with Crippen LogP contribution in [0.5, 0.6) is 0 Å². The van der Waals surface area contributed by atoms with Crippen molar-refractivity contribution in [3.63, 3.8) is 0 Å². The van der Waals surface area contributed by atoms with Crippen LogP contribution in [0.1, 0.15) is 18.1 Å². The summed E-state index contributed by atoms with van der Waals surface area (Å²) in [6.07, 6.45) is -0.796. The number of alkyl carbamates (subject to hydrolysis) is 1. The lowest BCUT2D eigenvalue weighted by atomic mass is 9.86. The fourth-order valence-electron chi connectivity index (χ4n) is 3.65. The number of nitrogens with two attached hydrogens (primary N) is 1. The molecule has 0 spiro atoms. The van der Waals surface area contributed by atoms with Gasteiger partial charge in [-0.25, -0.2) is 4.79 Å². The second-order valence-corrected chi connectivity index (χ2v) is 8.22. The van der Waals surface area contributed by atoms with Gasteiger partial charge < -0.3 is 30.6 Å². The molecule has 0 saturated carbocycles. The molecular formula is C26H31N3O8. The lowest BCUT2D eigenvalue weighted by molar-refractivity contribution is -0.162. The summed E-state index contributed by atoms with van der Waals surface area (Å²) in [5, 5.41) is 4.96. The van der Waals surface area contributed by atoms with Gasteiger partial charge in [-0.1, -0.05) is 67.6 Å². The van der Waals surface area contributed by atoms with Crippen molar-refractivity contribution < 1.29 is 38.2 Å². The first-order chi connectivity index (χ1) is 17.7. The van der Waals surface area contributed by atoms with E-state index >= 15 is 0 Å². The summed E-state index contributed by atoms with van der Waals surface area (Å²) in [4.78, 5) is 62.5. The zero-order valence-electron chi connectivity index (χ0n) is 20.8. The molecule has 3 atom stereocenters. The molecule has 2 aromatic rings. The van der Waals surface area contributed by atoms with E-state index in [1.807, 2.05) is 6.07 Å². The van der Waals surface area contributed by atoms with Crippen molar-refractivity contribution in [2.75, 3.05) is 14.2 Å². The van der Waals surface area contributed by atoms with Crippen LogP contribution in [0.2, 0.25) is 0 Å². The van der Waals surface area contributed by atoms with E-state index in [2.05, 4.69) is 20.1 Å². The molecule has 0 aliphatic rings. The molecule has 0 aromatic heterocycles. The number of rotatable bonds is 12. The fraction of sp³-hybridized carbons (Fsp3) is 0.346. The zero-order chi connectivity index (χ0) is 27.4. The first-order valence-electron chi connectivity index (χ1n) is 11.4. The van der Waals surface area contributed by atoms with Crippen molar-refractivity contribution in [1.82, 2.24) is 10.6 Å². The van der Waals surface area contributed by atoms with Gasteiger partial charge in [0.25, 0.3) is 0 Å². The van der Waals surface area contributed by atoms with E-state index in [4.69, 9.17) is 10.5 Å². The Balaban J connectivity index is 2.22. The van der Waals surface area contributed by atoms with Gasteiger partial charge in [-0.3, -0.25) is 19.2 Å². The zero-order valence-corrected chi connectivity index (χ0v) is 20.8. The van der Waals surface area contributed by atoms with Gasteiger partial charge in [0.15, 0.2) is 5.92 Å². The molecule has 4 N–H and O–H groups in total. The Labute approximate surface area is 214 Å². The third kappa shape index (κ3) is 8.64. The molecule has 198 valence electrons. The van der Waals surface area contributed by atoms with E-state index in [1.54, 1.807) is 54.6 Å². The maximum atomic E-state index is 13.3. The summed E-state index contributed by atoms with van der Waals surface area (Å²) in [6.45, 7) is 1.36. The number of ether oxygens (including phenoxy) is 3. The molecule has 0 saturated heterocycles. The van der Waals surface area contributed by atoms with Gasteiger partial charge in [-0.2, -0.15) is 0 Å². The fourth-order valence-corrected chi connectivity index (χ4v) is 3.65. The first kappa shape index (κ1) is 28.8. The summed E-state index contributed by atoms with van der Waals surface area (Å²) in [7, 11) is 2.15. The Hall–Kier alpha value is -4.41. The smallest absolute Gasteiger partial charge is 0.408 e. The Morgan fingerprint density at radius 1 is 0.811 bits per heavy atom. The molecule has 11 nitrogen and oxygen atoms in total. The summed E-state index contributed by atoms with van der Waals surface area (Å²) >= 11 is 0. The van der Waals surface area contributed by atoms with Crippen molar-refractivity contribution in [2.45, 2.75) is 32.0 Å². The quantitative estimate of drug-likeness (QED) is 0.216. The normalized spacial score (nSPS) is 13.0. The van der Waals surface area contributed by atoms with Gasteiger partial charge in [0.1, 0.15) is 18.7 Å². The number of nitrogens with one attached hydrogen (secondary N) is 2. The molecule has 2 aromatic carbocycles. The third-order valence-corrected chi connectivity index (χ3v) is 5.67. The lowest BCUT2D eigenvalue weighted by Crippen LogP contribution is -2.57. The molecule has 11 heteroatoms. The standard InChI is InChI=1S/C26H31N3O8/c1-16(20(24(32)35-2)25(33)36-3)21(22(27)30)29-23(31)19(14-17-10-6-4-7-11-17)28-26(34)37-15-18-12-8-5-9-13-18/h4-13,16,19-21H,14-15H2,1-3H3,(H2,27,30)(H,28,34)(H,29,31)/t16-,19-,21-/m0/s1. The van der Waals surface area contributed by atoms with Crippen LogP contribution in [-0.2, 0) is 46.4 Å². The molecule has 0 bridgehead atoms. The van der Waals surface area contributed by atoms with Crippen molar-refractivity contribution in [2.24, 2.45) is 17.6 Å². The third-order valence-electron chi connectivity index (χ3n) is 5.67. The van der Waals surface area contributed by atoms with Gasteiger partial charge >= 0.3 is 18.0 Å². The van der Waals surface area contributed by atoms with Crippen LogP contribution < -0.4 is 16.4 Å². The molecule has 0 heterocycles. The molecular weight excluding hydrogens is 482 g/mol. The number of primary amides is 1. The predicted molar refractivity (Wildman–Crippen MR) is 132 cm³/mol. The number of amides is 3. The van der Waals surface area contributed by atoms with E-state index in [0.29, 0.717) is 0 Å². The summed E-state index contributed by atoms with van der Waals surface area (Å²) in [5.74, 6) is -6.33. The topological polar surface area (TPSA) is 163 Å². The highest BCUT2D eigenvalue weighted by molar-refractivity contribution is 5.97. The molecule has 0 fully saturated rings. The average Bonchev–Trinajstić information content (AvgIpc) is 2.90. The Kier molecular flexibility index (Phi) is 11.1. The largest absolute Gasteiger partial charge is 0.468 e. The SMILES string of the molecule is COC(=O)C(C(=O)OC)[C@H](C)[C@H](NC(=O)[C@H](Cc1ccccc1)NC(=O)OCc1ccccc1)C(N)=O. The molecule has 0 radical (unpaired) electrons. The van der Waals surface area contributed by atoms with Gasteiger partial charge in [0, 0.05) is 12.3 Å². The second kappa shape index (κ2) is 14.2. The molecule has 0 aliphatic heterocycles. The van der Waals surface area contributed by atoms with Gasteiger partial charge in [0.2, 0.25) is 11.8 Å². The van der Waals surface area contributed by atoms with Crippen LogP contribution in [0.15, 0.2) is 60.7 Å². The Bertz CT molecular complexity index is 1060. The van der Waals surface area contributed by atoms with Crippen molar-refractivity contribution >= 4 is 29.8 Å². The summed E-state index contributed by atoms with van der Waals surface area (Å²) in [6, 6.07) is 15.2. The van der Waals surface area contributed by atoms with Gasteiger partial charge in [0.05, 0.1) is 14.2 Å². The van der Waals surface area contributed by atoms with E-state index in [9.17, 15) is 24.0 Å². The van der Waals surface area contributed by atoms with E-state index in [0.717, 1.165) is 25.3 Å². The molecule has 3 amide bonds. The number of methoxy groups -OCH3 is 2. The van der Waals surface area contributed by atoms with Crippen molar-refractivity contribution in [3.8, 4) is 0 Å². The first-order valence-corrected chi connectivity index (χ1v) is 11.4.